The van der Waals surface area contributed by atoms with Gasteiger partial charge >= 0.3 is 5.97 Å². The lowest BCUT2D eigenvalue weighted by Crippen LogP contribution is -2.40. The molecule has 4 atom stereocenters. The van der Waals surface area contributed by atoms with Gasteiger partial charge in [0.1, 0.15) is 18.3 Å². The van der Waals surface area contributed by atoms with E-state index in [-0.39, 0.29) is 36.3 Å². The summed E-state index contributed by atoms with van der Waals surface area (Å²) in [5.41, 5.74) is 0. The van der Waals surface area contributed by atoms with Gasteiger partial charge in [-0.3, -0.25) is 14.4 Å². The number of nitrogens with zero attached hydrogens (tertiary/aromatic N) is 1. The molecule has 10 heteroatoms. The van der Waals surface area contributed by atoms with Crippen LogP contribution in [0.2, 0.25) is 0 Å². The molecule has 26 heavy (non-hydrogen) atoms. The first-order chi connectivity index (χ1) is 12.4. The monoisotopic (exact) mass is 390 g/mol. The minimum atomic E-state index is -1.17. The Bertz CT molecular complexity index is 513. The maximum absolute atomic E-state index is 12.2. The Morgan fingerprint density at radius 2 is 1.81 bits per heavy atom. The number of rotatable bonds is 8. The summed E-state index contributed by atoms with van der Waals surface area (Å²) in [4.78, 5) is 36.6. The first kappa shape index (κ1) is 20.9. The van der Waals surface area contributed by atoms with Crippen molar-refractivity contribution < 1.29 is 34.1 Å². The molecule has 0 bridgehead atoms. The van der Waals surface area contributed by atoms with Crippen LogP contribution in [0, 0.1) is 0 Å². The molecule has 2 aliphatic heterocycles. The zero-order valence-corrected chi connectivity index (χ0v) is 15.6. The molecule has 2 fully saturated rings. The van der Waals surface area contributed by atoms with Gasteiger partial charge in [-0.15, -0.1) is 11.8 Å². The van der Waals surface area contributed by atoms with Gasteiger partial charge in [0.2, 0.25) is 11.8 Å². The van der Waals surface area contributed by atoms with Gasteiger partial charge in [-0.1, -0.05) is 0 Å². The lowest BCUT2D eigenvalue weighted by molar-refractivity contribution is -0.137. The molecule has 2 rings (SSSR count). The van der Waals surface area contributed by atoms with E-state index in [9.17, 15) is 24.6 Å². The van der Waals surface area contributed by atoms with Gasteiger partial charge < -0.3 is 29.9 Å². The van der Waals surface area contributed by atoms with Crippen molar-refractivity contribution >= 4 is 29.5 Å². The van der Waals surface area contributed by atoms with Crippen molar-refractivity contribution in [1.29, 1.82) is 0 Å². The molecule has 2 saturated heterocycles. The summed E-state index contributed by atoms with van der Waals surface area (Å²) in [6, 6.07) is 0. The first-order valence-electron chi connectivity index (χ1n) is 8.63. The average Bonchev–Trinajstić information content (AvgIpc) is 3.24. The number of hydrogen-bond donors (Lipinski definition) is 3. The highest BCUT2D eigenvalue weighted by atomic mass is 32.2. The molecular weight excluding hydrogens is 364 g/mol. The number of carbonyl (C=O) groups excluding carboxylic acids is 3. The van der Waals surface area contributed by atoms with E-state index >= 15 is 0 Å². The number of carbonyl (C=O) groups is 3. The van der Waals surface area contributed by atoms with Gasteiger partial charge in [0.25, 0.3) is 0 Å². The van der Waals surface area contributed by atoms with Crippen LogP contribution in [0.15, 0.2) is 0 Å². The van der Waals surface area contributed by atoms with E-state index in [0.29, 0.717) is 13.1 Å². The molecule has 2 amide bonds. The molecule has 0 saturated carbocycles. The first-order valence-corrected chi connectivity index (χ1v) is 9.78. The van der Waals surface area contributed by atoms with E-state index in [1.54, 1.807) is 4.90 Å². The van der Waals surface area contributed by atoms with Crippen LogP contribution in [0.4, 0.5) is 0 Å². The minimum absolute atomic E-state index is 0.0116. The van der Waals surface area contributed by atoms with Crippen LogP contribution < -0.4 is 5.32 Å². The lowest BCUT2D eigenvalue weighted by Gasteiger charge is -2.19. The van der Waals surface area contributed by atoms with Crippen molar-refractivity contribution in [2.24, 2.45) is 0 Å². The van der Waals surface area contributed by atoms with E-state index < -0.39 is 30.4 Å². The summed E-state index contributed by atoms with van der Waals surface area (Å²) in [5, 5.41) is 22.8. The summed E-state index contributed by atoms with van der Waals surface area (Å²) in [5.74, 6) is -0.683. The normalized spacial score (nSPS) is 28.2. The zero-order valence-electron chi connectivity index (χ0n) is 14.8. The highest BCUT2D eigenvalue weighted by molar-refractivity contribution is 8.00. The molecule has 0 spiro atoms. The number of aliphatic hydroxyl groups excluding tert-OH is 2. The average molecular weight is 390 g/mol. The van der Waals surface area contributed by atoms with E-state index in [1.807, 2.05) is 0 Å². The van der Waals surface area contributed by atoms with Gasteiger partial charge in [-0.25, -0.2) is 0 Å². The Hall–Kier alpha value is -1.36. The van der Waals surface area contributed by atoms with Gasteiger partial charge in [0.15, 0.2) is 0 Å². The Morgan fingerprint density at radius 3 is 2.46 bits per heavy atom. The third kappa shape index (κ3) is 5.83. The number of ether oxygens (including phenoxy) is 2. The summed E-state index contributed by atoms with van der Waals surface area (Å²) in [6.45, 7) is 1.45. The molecule has 3 N–H and O–H groups in total. The topological polar surface area (TPSA) is 125 Å². The Labute approximate surface area is 156 Å². The van der Waals surface area contributed by atoms with Gasteiger partial charge in [-0.05, 0) is 12.8 Å². The molecule has 0 aromatic rings. The third-order valence-corrected chi connectivity index (χ3v) is 5.38. The van der Waals surface area contributed by atoms with Crippen LogP contribution in [0.1, 0.15) is 19.3 Å². The van der Waals surface area contributed by atoms with Crippen LogP contribution in [-0.4, -0.2) is 95.6 Å². The largest absolute Gasteiger partial charge is 0.468 e. The van der Waals surface area contributed by atoms with Crippen molar-refractivity contribution in [3.05, 3.63) is 0 Å². The van der Waals surface area contributed by atoms with Gasteiger partial charge in [-0.2, -0.15) is 0 Å². The molecule has 0 aromatic heterocycles. The smallest absolute Gasteiger partial charge is 0.315 e. The van der Waals surface area contributed by atoms with Gasteiger partial charge in [0, 0.05) is 19.6 Å². The highest BCUT2D eigenvalue weighted by Crippen LogP contribution is 2.24. The zero-order chi connectivity index (χ0) is 19.1. The van der Waals surface area contributed by atoms with Crippen LogP contribution in [0.5, 0.6) is 0 Å². The molecule has 0 aromatic carbocycles. The summed E-state index contributed by atoms with van der Waals surface area (Å²) in [6.07, 6.45) is -1.94. The molecule has 4 unspecified atom stereocenters. The Balaban J connectivity index is 1.71. The number of methoxy groups -OCH3 is 1. The standard InChI is InChI=1S/C16H26N2O7S/c1-24-14(21)9-26-8-12(19)17-7-11-16(23)15(22)10(25-11)6-13(20)18-4-2-3-5-18/h10-11,15-16,22-23H,2-9H2,1H3,(H,17,19). The second-order valence-corrected chi connectivity index (χ2v) is 7.34. The maximum atomic E-state index is 12.2. The summed E-state index contributed by atoms with van der Waals surface area (Å²) >= 11 is 1.11. The number of hydrogen-bond acceptors (Lipinski definition) is 8. The molecule has 148 valence electrons. The van der Waals surface area contributed by atoms with Gasteiger partial charge in [0.05, 0.1) is 31.1 Å². The number of likely N-dealkylation sites (tertiary alicyclic amines) is 1. The molecule has 9 nitrogen and oxygen atoms in total. The van der Waals surface area contributed by atoms with E-state index in [2.05, 4.69) is 10.1 Å². The number of thioether (sulfide) groups is 1. The Morgan fingerprint density at radius 1 is 1.15 bits per heavy atom. The molecular formula is C16H26N2O7S. The lowest BCUT2D eigenvalue weighted by atomic mass is 10.1. The second-order valence-electron chi connectivity index (χ2n) is 6.36. The van der Waals surface area contributed by atoms with Crippen molar-refractivity contribution in [3.63, 3.8) is 0 Å². The number of nitrogens with one attached hydrogen (secondary N) is 1. The second kappa shape index (κ2) is 10.1. The van der Waals surface area contributed by atoms with Crippen LogP contribution in [0.25, 0.3) is 0 Å². The van der Waals surface area contributed by atoms with E-state index in [0.717, 1.165) is 24.6 Å². The number of esters is 1. The molecule has 2 aliphatic rings. The van der Waals surface area contributed by atoms with Crippen LogP contribution in [0.3, 0.4) is 0 Å². The maximum Gasteiger partial charge on any atom is 0.315 e. The molecule has 0 aliphatic carbocycles. The molecule has 2 heterocycles. The summed E-state index contributed by atoms with van der Waals surface area (Å²) < 4.78 is 10.1. The van der Waals surface area contributed by atoms with Crippen LogP contribution in [-0.2, 0) is 23.9 Å². The third-order valence-electron chi connectivity index (χ3n) is 4.48. The van der Waals surface area contributed by atoms with Crippen molar-refractivity contribution in [2.75, 3.05) is 38.2 Å². The quantitative estimate of drug-likeness (QED) is 0.428. The van der Waals surface area contributed by atoms with Crippen molar-refractivity contribution in [2.45, 2.75) is 43.7 Å². The fraction of sp³-hybridized carbons (Fsp3) is 0.812. The predicted octanol–water partition coefficient (Wildman–Crippen LogP) is -1.49. The Kier molecular flexibility index (Phi) is 8.14. The molecule has 0 radical (unpaired) electrons. The summed E-state index contributed by atoms with van der Waals surface area (Å²) in [7, 11) is 1.28. The van der Waals surface area contributed by atoms with Crippen LogP contribution >= 0.6 is 11.8 Å². The van der Waals surface area contributed by atoms with E-state index in [1.165, 1.54) is 7.11 Å². The SMILES string of the molecule is COC(=O)CSCC(=O)NCC1OC(CC(=O)N2CCCC2)C(O)C1O. The van der Waals surface area contributed by atoms with Crippen molar-refractivity contribution in [3.8, 4) is 0 Å². The minimum Gasteiger partial charge on any atom is -0.468 e. The van der Waals surface area contributed by atoms with E-state index in [4.69, 9.17) is 4.74 Å². The predicted molar refractivity (Wildman–Crippen MR) is 93.5 cm³/mol. The fourth-order valence-corrected chi connectivity index (χ4v) is 3.66. The number of amides is 2. The number of aliphatic hydroxyl groups is 2. The fourth-order valence-electron chi connectivity index (χ4n) is 2.98. The van der Waals surface area contributed by atoms with Crippen molar-refractivity contribution in [1.82, 2.24) is 10.2 Å². The highest BCUT2D eigenvalue weighted by Gasteiger charge is 2.43.